The summed E-state index contributed by atoms with van der Waals surface area (Å²) in [6.07, 6.45) is 0.360. The number of aliphatic hydroxyl groups excluding tert-OH is 1. The summed E-state index contributed by atoms with van der Waals surface area (Å²) >= 11 is 3.87. The summed E-state index contributed by atoms with van der Waals surface area (Å²) in [6, 6.07) is 13.3. The van der Waals surface area contributed by atoms with Gasteiger partial charge in [0.25, 0.3) is 0 Å². The Morgan fingerprint density at radius 1 is 0.743 bits per heavy atom. The molecule has 2 aromatic carbocycles. The lowest BCUT2D eigenvalue weighted by molar-refractivity contribution is -0.142. The first kappa shape index (κ1) is 27.8. The van der Waals surface area contributed by atoms with Crippen molar-refractivity contribution in [1.82, 2.24) is 16.0 Å². The highest BCUT2D eigenvalue weighted by atomic mass is 32.1. The number of hydrogen-bond acceptors (Lipinski definition) is 7. The van der Waals surface area contributed by atoms with Crippen LogP contribution in [0.2, 0.25) is 0 Å². The third kappa shape index (κ3) is 9.04. The maximum Gasteiger partial charge on any atom is 0.327 e. The average molecular weight is 503 g/mol. The van der Waals surface area contributed by atoms with Crippen molar-refractivity contribution in [3.8, 4) is 0 Å². The van der Waals surface area contributed by atoms with Gasteiger partial charge >= 0.3 is 5.97 Å². The second kappa shape index (κ2) is 14.1. The zero-order valence-electron chi connectivity index (χ0n) is 19.0. The molecule has 0 saturated heterocycles. The van der Waals surface area contributed by atoms with Gasteiger partial charge in [-0.25, -0.2) is 4.79 Å². The average Bonchev–Trinajstić information content (AvgIpc) is 2.86. The summed E-state index contributed by atoms with van der Waals surface area (Å²) in [7, 11) is 0. The number of aliphatic hydroxyl groups is 1. The SMILES string of the molecule is NC(Cc1ccccc1)C(=O)NC(Cc1ccccc1)C(=O)NC(CO)C(=O)NC(CS)C(=O)O. The number of nitrogens with two attached hydrogens (primary N) is 1. The highest BCUT2D eigenvalue weighted by Crippen LogP contribution is 2.06. The van der Waals surface area contributed by atoms with Gasteiger partial charge in [0, 0.05) is 12.2 Å². The molecule has 0 radical (unpaired) electrons. The second-order valence-corrected chi connectivity index (χ2v) is 8.24. The van der Waals surface area contributed by atoms with Gasteiger partial charge in [0.15, 0.2) is 0 Å². The number of carboxylic acids is 1. The van der Waals surface area contributed by atoms with Crippen LogP contribution in [-0.2, 0) is 32.0 Å². The van der Waals surface area contributed by atoms with Gasteiger partial charge < -0.3 is 31.9 Å². The quantitative estimate of drug-likeness (QED) is 0.177. The minimum absolute atomic E-state index is 0.102. The molecule has 35 heavy (non-hydrogen) atoms. The van der Waals surface area contributed by atoms with Gasteiger partial charge in [-0.1, -0.05) is 60.7 Å². The van der Waals surface area contributed by atoms with Crippen LogP contribution in [0.25, 0.3) is 0 Å². The van der Waals surface area contributed by atoms with Crippen LogP contribution in [0.3, 0.4) is 0 Å². The van der Waals surface area contributed by atoms with Crippen LogP contribution < -0.4 is 21.7 Å². The fourth-order valence-corrected chi connectivity index (χ4v) is 3.47. The van der Waals surface area contributed by atoms with E-state index in [0.29, 0.717) is 0 Å². The number of hydrogen-bond donors (Lipinski definition) is 7. The number of carbonyl (C=O) groups is 4. The van der Waals surface area contributed by atoms with Crippen molar-refractivity contribution in [1.29, 1.82) is 0 Å². The van der Waals surface area contributed by atoms with Crippen molar-refractivity contribution in [2.75, 3.05) is 12.4 Å². The molecular weight excluding hydrogens is 472 g/mol. The highest BCUT2D eigenvalue weighted by Gasteiger charge is 2.30. The summed E-state index contributed by atoms with van der Waals surface area (Å²) in [6.45, 7) is -0.782. The minimum atomic E-state index is -1.43. The molecule has 2 rings (SSSR count). The number of aliphatic carboxylic acids is 1. The number of nitrogens with one attached hydrogen (secondary N) is 3. The molecule has 7 N–H and O–H groups in total. The Bertz CT molecular complexity index is 992. The van der Waals surface area contributed by atoms with Crippen LogP contribution in [0.4, 0.5) is 0 Å². The number of benzene rings is 2. The Balaban J connectivity index is 2.12. The van der Waals surface area contributed by atoms with E-state index in [2.05, 4.69) is 28.6 Å². The van der Waals surface area contributed by atoms with Crippen molar-refractivity contribution in [3.63, 3.8) is 0 Å². The van der Waals surface area contributed by atoms with Crippen LogP contribution >= 0.6 is 12.6 Å². The Morgan fingerprint density at radius 2 is 1.20 bits per heavy atom. The highest BCUT2D eigenvalue weighted by molar-refractivity contribution is 7.80. The van der Waals surface area contributed by atoms with Gasteiger partial charge in [-0.3, -0.25) is 14.4 Å². The lowest BCUT2D eigenvalue weighted by atomic mass is 10.0. The predicted octanol–water partition coefficient (Wildman–Crippen LogP) is -0.740. The second-order valence-electron chi connectivity index (χ2n) is 7.87. The predicted molar refractivity (Wildman–Crippen MR) is 133 cm³/mol. The number of amides is 3. The molecule has 0 aliphatic heterocycles. The zero-order valence-corrected chi connectivity index (χ0v) is 19.9. The molecule has 10 nitrogen and oxygen atoms in total. The smallest absolute Gasteiger partial charge is 0.327 e. The van der Waals surface area contributed by atoms with E-state index in [1.807, 2.05) is 30.3 Å². The van der Waals surface area contributed by atoms with E-state index < -0.39 is 54.5 Å². The van der Waals surface area contributed by atoms with E-state index in [4.69, 9.17) is 10.8 Å². The summed E-state index contributed by atoms with van der Waals surface area (Å²) in [5, 5.41) is 25.9. The summed E-state index contributed by atoms with van der Waals surface area (Å²) in [5.74, 6) is -3.68. The van der Waals surface area contributed by atoms with E-state index in [1.54, 1.807) is 30.3 Å². The molecule has 0 aliphatic rings. The Labute approximate surface area is 208 Å². The fourth-order valence-electron chi connectivity index (χ4n) is 3.22. The number of thiol groups is 1. The van der Waals surface area contributed by atoms with Gasteiger partial charge in [0.2, 0.25) is 17.7 Å². The molecule has 0 bridgehead atoms. The molecule has 0 saturated carbocycles. The number of carboxylic acid groups (broad SMARTS) is 1. The van der Waals surface area contributed by atoms with Gasteiger partial charge in [0.1, 0.15) is 18.1 Å². The molecule has 0 heterocycles. The standard InChI is InChI=1S/C24H30N4O6S/c25-17(11-15-7-3-1-4-8-15)21(30)26-18(12-16-9-5-2-6-10-16)22(31)27-19(13-29)23(32)28-20(14-35)24(33)34/h1-10,17-20,29,35H,11-14,25H2,(H,26,30)(H,27,31)(H,28,32)(H,33,34). The van der Waals surface area contributed by atoms with E-state index in [1.165, 1.54) is 0 Å². The lowest BCUT2D eigenvalue weighted by Crippen LogP contribution is -2.58. The molecule has 0 spiro atoms. The van der Waals surface area contributed by atoms with Crippen molar-refractivity contribution < 1.29 is 29.4 Å². The molecule has 4 atom stereocenters. The minimum Gasteiger partial charge on any atom is -0.480 e. The molecule has 188 valence electrons. The zero-order chi connectivity index (χ0) is 25.8. The van der Waals surface area contributed by atoms with E-state index >= 15 is 0 Å². The normalized spacial score (nSPS) is 14.1. The fraction of sp³-hybridized carbons (Fsp3) is 0.333. The first-order valence-corrected chi connectivity index (χ1v) is 11.6. The van der Waals surface area contributed by atoms with Gasteiger partial charge in [-0.2, -0.15) is 12.6 Å². The van der Waals surface area contributed by atoms with Gasteiger partial charge in [-0.15, -0.1) is 0 Å². The van der Waals surface area contributed by atoms with Gasteiger partial charge in [0.05, 0.1) is 12.6 Å². The molecule has 11 heteroatoms. The van der Waals surface area contributed by atoms with E-state index in [0.717, 1.165) is 11.1 Å². The molecule has 2 aromatic rings. The van der Waals surface area contributed by atoms with Crippen LogP contribution in [0.15, 0.2) is 60.7 Å². The third-order valence-corrected chi connectivity index (χ3v) is 5.53. The number of carbonyl (C=O) groups excluding carboxylic acids is 3. The summed E-state index contributed by atoms with van der Waals surface area (Å²) < 4.78 is 0. The maximum absolute atomic E-state index is 13.0. The molecule has 3 amide bonds. The summed E-state index contributed by atoms with van der Waals surface area (Å²) in [4.78, 5) is 49.4. The van der Waals surface area contributed by atoms with Crippen LogP contribution in [0.1, 0.15) is 11.1 Å². The number of rotatable bonds is 13. The van der Waals surface area contributed by atoms with Crippen molar-refractivity contribution in [3.05, 3.63) is 71.8 Å². The maximum atomic E-state index is 13.0. The first-order valence-electron chi connectivity index (χ1n) is 10.9. The molecule has 0 aliphatic carbocycles. The Hall–Kier alpha value is -3.41. The molecule has 4 unspecified atom stereocenters. The molecular formula is C24H30N4O6S. The van der Waals surface area contributed by atoms with Crippen LogP contribution in [0, 0.1) is 0 Å². The van der Waals surface area contributed by atoms with Crippen molar-refractivity contribution in [2.45, 2.75) is 37.0 Å². The topological polar surface area (TPSA) is 171 Å². The lowest BCUT2D eigenvalue weighted by Gasteiger charge is -2.24. The third-order valence-electron chi connectivity index (χ3n) is 5.16. The molecule has 0 aromatic heterocycles. The molecule has 0 fully saturated rings. The largest absolute Gasteiger partial charge is 0.480 e. The Kier molecular flexibility index (Phi) is 11.2. The summed E-state index contributed by atoms with van der Waals surface area (Å²) in [5.41, 5.74) is 7.66. The first-order chi connectivity index (χ1) is 16.7. The van der Waals surface area contributed by atoms with Crippen LogP contribution in [-0.4, -0.2) is 70.4 Å². The van der Waals surface area contributed by atoms with E-state index in [-0.39, 0.29) is 18.6 Å². The van der Waals surface area contributed by atoms with Gasteiger partial charge in [-0.05, 0) is 17.5 Å². The monoisotopic (exact) mass is 502 g/mol. The van der Waals surface area contributed by atoms with Crippen LogP contribution in [0.5, 0.6) is 0 Å². The van der Waals surface area contributed by atoms with Crippen molar-refractivity contribution in [2.24, 2.45) is 5.73 Å². The van der Waals surface area contributed by atoms with E-state index in [9.17, 15) is 24.3 Å². The van der Waals surface area contributed by atoms with Crippen molar-refractivity contribution >= 4 is 36.3 Å². The Morgan fingerprint density at radius 3 is 1.69 bits per heavy atom.